The lowest BCUT2D eigenvalue weighted by Gasteiger charge is -2.41. The Hall–Kier alpha value is -3.07. The van der Waals surface area contributed by atoms with Gasteiger partial charge in [0.1, 0.15) is 0 Å². The number of esters is 1. The lowest BCUT2D eigenvalue weighted by atomic mass is 9.78. The summed E-state index contributed by atoms with van der Waals surface area (Å²) in [6, 6.07) is 1.21. The van der Waals surface area contributed by atoms with Gasteiger partial charge in [0.05, 0.1) is 25.2 Å². The molecule has 2 aromatic rings. The first-order valence-corrected chi connectivity index (χ1v) is 15.7. The average molecular weight is 616 g/mol. The second-order valence-corrected chi connectivity index (χ2v) is 13.4. The van der Waals surface area contributed by atoms with E-state index in [1.807, 2.05) is 41.5 Å². The molecule has 0 unspecified atom stereocenters. The van der Waals surface area contributed by atoms with Gasteiger partial charge in [0.2, 0.25) is 11.8 Å². The Bertz CT molecular complexity index is 1470. The Kier molecular flexibility index (Phi) is 8.84. The predicted octanol–water partition coefficient (Wildman–Crippen LogP) is 7.62. The van der Waals surface area contributed by atoms with Gasteiger partial charge in [-0.2, -0.15) is 0 Å². The molecule has 5 rings (SSSR count). The number of alkyl halides is 2. The lowest BCUT2D eigenvalue weighted by Crippen LogP contribution is -2.47. The summed E-state index contributed by atoms with van der Waals surface area (Å²) in [6.07, 6.45) is 0.402. The summed E-state index contributed by atoms with van der Waals surface area (Å²) in [6.45, 7) is 13.9. The van der Waals surface area contributed by atoms with Crippen LogP contribution < -0.4 is 4.74 Å². The minimum Gasteiger partial charge on any atom is -0.490 e. The maximum absolute atomic E-state index is 15.7. The number of nitrogens with zero attached hydrogens (tertiary/aromatic N) is 1. The zero-order valence-electron chi connectivity index (χ0n) is 26.9. The van der Waals surface area contributed by atoms with Crippen molar-refractivity contribution < 1.29 is 37.0 Å². The van der Waals surface area contributed by atoms with Crippen molar-refractivity contribution in [3.05, 3.63) is 50.8 Å². The van der Waals surface area contributed by atoms with Crippen LogP contribution in [-0.4, -0.2) is 47.6 Å². The van der Waals surface area contributed by atoms with Crippen LogP contribution in [0.2, 0.25) is 0 Å². The van der Waals surface area contributed by atoms with Crippen LogP contribution in [0.4, 0.5) is 13.2 Å². The summed E-state index contributed by atoms with van der Waals surface area (Å²) in [5.41, 5.74) is 6.05. The maximum Gasteiger partial charge on any atom is 0.339 e. The molecule has 44 heavy (non-hydrogen) atoms. The Morgan fingerprint density at radius 3 is 2.41 bits per heavy atom. The Morgan fingerprint density at radius 2 is 1.77 bits per heavy atom. The molecule has 0 radical (unpaired) electrons. The van der Waals surface area contributed by atoms with Gasteiger partial charge < -0.3 is 19.1 Å². The monoisotopic (exact) mass is 615 g/mol. The summed E-state index contributed by atoms with van der Waals surface area (Å²) in [5, 5.41) is 0. The van der Waals surface area contributed by atoms with Crippen molar-refractivity contribution in [2.24, 2.45) is 0 Å². The number of fused-ring (bicyclic) bond motifs is 2. The van der Waals surface area contributed by atoms with E-state index in [0.29, 0.717) is 29.7 Å². The van der Waals surface area contributed by atoms with Gasteiger partial charge in [0.15, 0.2) is 17.7 Å². The standard InChI is InChI=1S/C35H44F3NO5/c1-8-42-33(41)32(44-34(5,6)7)30-20(3)24-17-28(40)39(22-11-13-35(37,38)14-12-22)18-26(24)21(4)29(30)25-16-27(36)31-23(19(25)2)10-9-15-43-31/h16,22,32H,8-15,17-18H2,1-7H3/t32-/m0/s1. The molecule has 9 heteroatoms. The molecule has 0 N–H and O–H groups in total. The van der Waals surface area contributed by atoms with Crippen LogP contribution in [-0.2, 0) is 38.4 Å². The maximum atomic E-state index is 15.7. The molecule has 0 bridgehead atoms. The number of halogens is 3. The van der Waals surface area contributed by atoms with Crippen LogP contribution in [0.5, 0.6) is 5.75 Å². The molecule has 1 fully saturated rings. The molecule has 0 aromatic heterocycles. The first kappa shape index (κ1) is 32.3. The molecule has 1 saturated carbocycles. The van der Waals surface area contributed by atoms with Gasteiger partial charge in [0, 0.05) is 36.6 Å². The molecule has 240 valence electrons. The second-order valence-electron chi connectivity index (χ2n) is 13.4. The zero-order valence-corrected chi connectivity index (χ0v) is 26.9. The van der Waals surface area contributed by atoms with E-state index in [2.05, 4.69) is 0 Å². The molecule has 2 heterocycles. The van der Waals surface area contributed by atoms with Crippen molar-refractivity contribution >= 4 is 11.9 Å². The SMILES string of the molecule is CCOC(=O)[C@@H](OC(C)(C)C)c1c(C)c2c(c(C)c1-c1cc(F)c3c(c1C)CCCO3)CN(C1CCC(F)(F)CC1)C(=O)C2. The molecule has 1 aliphatic carbocycles. The van der Waals surface area contributed by atoms with Crippen molar-refractivity contribution in [3.8, 4) is 16.9 Å². The van der Waals surface area contributed by atoms with Gasteiger partial charge >= 0.3 is 5.97 Å². The van der Waals surface area contributed by atoms with Crippen LogP contribution >= 0.6 is 0 Å². The molecular weight excluding hydrogens is 571 g/mol. The van der Waals surface area contributed by atoms with Gasteiger partial charge in [0.25, 0.3) is 0 Å². The van der Waals surface area contributed by atoms with Crippen molar-refractivity contribution in [1.29, 1.82) is 0 Å². The minimum absolute atomic E-state index is 0.0820. The molecular formula is C35H44F3NO5. The highest BCUT2D eigenvalue weighted by Crippen LogP contribution is 2.47. The lowest BCUT2D eigenvalue weighted by molar-refractivity contribution is -0.166. The summed E-state index contributed by atoms with van der Waals surface area (Å²) in [5.74, 6) is -3.58. The van der Waals surface area contributed by atoms with Crippen LogP contribution in [0, 0.1) is 26.6 Å². The van der Waals surface area contributed by atoms with Crippen molar-refractivity contribution in [3.63, 3.8) is 0 Å². The quantitative estimate of drug-likeness (QED) is 0.313. The summed E-state index contributed by atoms with van der Waals surface area (Å²) < 4.78 is 61.3. The van der Waals surface area contributed by atoms with E-state index in [1.165, 1.54) is 6.07 Å². The Balaban J connectivity index is 1.75. The minimum atomic E-state index is -2.70. The number of rotatable bonds is 6. The normalized spacial score (nSPS) is 19.2. The van der Waals surface area contributed by atoms with Crippen molar-refractivity contribution in [2.75, 3.05) is 13.2 Å². The molecule has 1 atom stereocenters. The van der Waals surface area contributed by atoms with E-state index >= 15 is 4.39 Å². The molecule has 0 saturated heterocycles. The first-order valence-electron chi connectivity index (χ1n) is 15.7. The van der Waals surface area contributed by atoms with Crippen LogP contribution in [0.1, 0.15) is 105 Å². The zero-order chi connectivity index (χ0) is 32.1. The van der Waals surface area contributed by atoms with Gasteiger partial charge in [-0.3, -0.25) is 4.79 Å². The topological polar surface area (TPSA) is 65.1 Å². The number of carbonyl (C=O) groups excluding carboxylic acids is 2. The predicted molar refractivity (Wildman–Crippen MR) is 162 cm³/mol. The average Bonchev–Trinajstić information content (AvgIpc) is 2.95. The van der Waals surface area contributed by atoms with Crippen LogP contribution in [0.3, 0.4) is 0 Å². The smallest absolute Gasteiger partial charge is 0.339 e. The largest absolute Gasteiger partial charge is 0.490 e. The van der Waals surface area contributed by atoms with E-state index in [1.54, 1.807) is 11.8 Å². The summed E-state index contributed by atoms with van der Waals surface area (Å²) >= 11 is 0. The Labute approximate surface area is 258 Å². The van der Waals surface area contributed by atoms with Gasteiger partial charge in [-0.15, -0.1) is 0 Å². The van der Waals surface area contributed by atoms with Gasteiger partial charge in [-0.1, -0.05) is 0 Å². The third-order valence-electron chi connectivity index (χ3n) is 9.36. The number of hydrogen-bond acceptors (Lipinski definition) is 5. The molecule has 3 aliphatic rings. The molecule has 0 spiro atoms. The van der Waals surface area contributed by atoms with Gasteiger partial charge in [-0.05, 0) is 119 Å². The summed E-state index contributed by atoms with van der Waals surface area (Å²) in [4.78, 5) is 29.0. The van der Waals surface area contributed by atoms with E-state index < -0.39 is 29.4 Å². The van der Waals surface area contributed by atoms with E-state index in [9.17, 15) is 18.4 Å². The summed E-state index contributed by atoms with van der Waals surface area (Å²) in [7, 11) is 0. The van der Waals surface area contributed by atoms with Crippen LogP contribution in [0.25, 0.3) is 11.1 Å². The number of amides is 1. The third-order valence-corrected chi connectivity index (χ3v) is 9.36. The molecule has 2 aromatic carbocycles. The Morgan fingerprint density at radius 1 is 1.09 bits per heavy atom. The second kappa shape index (κ2) is 12.0. The van der Waals surface area contributed by atoms with E-state index in [-0.39, 0.29) is 63.0 Å². The number of carbonyl (C=O) groups is 2. The van der Waals surface area contributed by atoms with E-state index in [4.69, 9.17) is 14.2 Å². The highest BCUT2D eigenvalue weighted by atomic mass is 19.3. The number of benzene rings is 2. The van der Waals surface area contributed by atoms with Gasteiger partial charge in [-0.25, -0.2) is 18.0 Å². The fourth-order valence-electron chi connectivity index (χ4n) is 7.18. The first-order chi connectivity index (χ1) is 20.6. The fourth-order valence-corrected chi connectivity index (χ4v) is 7.18. The highest BCUT2D eigenvalue weighted by Gasteiger charge is 2.42. The number of hydrogen-bond donors (Lipinski definition) is 0. The molecule has 6 nitrogen and oxygen atoms in total. The molecule has 1 amide bonds. The van der Waals surface area contributed by atoms with E-state index in [0.717, 1.165) is 39.8 Å². The number of ether oxygens (including phenoxy) is 3. The fraction of sp³-hybridized carbons (Fsp3) is 0.600. The highest BCUT2D eigenvalue weighted by molar-refractivity contribution is 5.89. The molecule has 2 aliphatic heterocycles. The van der Waals surface area contributed by atoms with Crippen molar-refractivity contribution in [2.45, 2.75) is 124 Å². The van der Waals surface area contributed by atoms with Crippen molar-refractivity contribution in [1.82, 2.24) is 4.90 Å². The van der Waals surface area contributed by atoms with Crippen LogP contribution in [0.15, 0.2) is 6.07 Å². The third kappa shape index (κ3) is 6.09.